The fourth-order valence-corrected chi connectivity index (χ4v) is 3.14. The molecular weight excluding hydrogens is 328 g/mol. The highest BCUT2D eigenvalue weighted by atomic mass is 32.2. The molecule has 1 heterocycles. The lowest BCUT2D eigenvalue weighted by Gasteiger charge is -2.29. The van der Waals surface area contributed by atoms with Gasteiger partial charge in [-0.15, -0.1) is 0 Å². The summed E-state index contributed by atoms with van der Waals surface area (Å²) in [4.78, 5) is 14.6. The lowest BCUT2D eigenvalue weighted by molar-refractivity contribution is -0.127. The molecule has 0 fully saturated rings. The van der Waals surface area contributed by atoms with Crippen LogP contribution in [0, 0.1) is 11.3 Å². The highest BCUT2D eigenvalue weighted by Crippen LogP contribution is 2.38. The van der Waals surface area contributed by atoms with Crippen LogP contribution in [0.2, 0.25) is 0 Å². The molecule has 0 aliphatic carbocycles. The van der Waals surface area contributed by atoms with Crippen molar-refractivity contribution < 1.29 is 17.9 Å². The second kappa shape index (κ2) is 6.63. The van der Waals surface area contributed by atoms with Gasteiger partial charge in [0.25, 0.3) is 0 Å². The maximum Gasteiger partial charge on any atom is 0.236 e. The number of hydrogen-bond donors (Lipinski definition) is 1. The summed E-state index contributed by atoms with van der Waals surface area (Å²) in [5.41, 5.74) is 0.396. The molecule has 0 radical (unpaired) electrons. The molecule has 7 heteroatoms. The smallest absolute Gasteiger partial charge is 0.236 e. The average Bonchev–Trinajstić information content (AvgIpc) is 2.57. The zero-order valence-electron chi connectivity index (χ0n) is 14.9. The first-order valence-electron chi connectivity index (χ1n) is 8.15. The van der Waals surface area contributed by atoms with Gasteiger partial charge < -0.3 is 9.64 Å². The van der Waals surface area contributed by atoms with Crippen LogP contribution >= 0.6 is 0 Å². The Bertz CT molecular complexity index is 726. The molecule has 2 rings (SSSR count). The second-order valence-corrected chi connectivity index (χ2v) is 9.18. The number of hydrogen-bond acceptors (Lipinski definition) is 4. The van der Waals surface area contributed by atoms with E-state index in [1.807, 2.05) is 27.7 Å². The number of nitrogens with one attached hydrogen (secondary N) is 1. The normalized spacial score (nSPS) is 17.2. The van der Waals surface area contributed by atoms with Crippen molar-refractivity contribution in [3.05, 3.63) is 18.2 Å². The van der Waals surface area contributed by atoms with E-state index in [0.717, 1.165) is 0 Å². The molecule has 1 aliphatic rings. The molecule has 0 bridgehead atoms. The predicted molar refractivity (Wildman–Crippen MR) is 96.0 cm³/mol. The molecule has 0 atom stereocenters. The average molecular weight is 354 g/mol. The molecule has 1 N–H and O–H groups in total. The molecule has 1 aromatic carbocycles. The molecule has 0 unspecified atom stereocenters. The predicted octanol–water partition coefficient (Wildman–Crippen LogP) is 2.86. The molecule has 0 saturated carbocycles. The number of ether oxygens (including phenoxy) is 1. The zero-order chi connectivity index (χ0) is 18.1. The van der Waals surface area contributed by atoms with Gasteiger partial charge in [0.1, 0.15) is 12.4 Å². The molecule has 0 aromatic heterocycles. The Hall–Kier alpha value is -1.76. The molecule has 0 spiro atoms. The van der Waals surface area contributed by atoms with Crippen molar-refractivity contribution >= 4 is 27.3 Å². The van der Waals surface area contributed by atoms with E-state index in [2.05, 4.69) is 4.72 Å². The van der Waals surface area contributed by atoms with E-state index in [1.165, 1.54) is 0 Å². The number of carbonyl (C=O) groups is 1. The van der Waals surface area contributed by atoms with E-state index in [-0.39, 0.29) is 24.2 Å². The molecule has 24 heavy (non-hydrogen) atoms. The van der Waals surface area contributed by atoms with Gasteiger partial charge in [0, 0.05) is 6.54 Å². The van der Waals surface area contributed by atoms with Crippen molar-refractivity contribution in [3.8, 4) is 5.75 Å². The lowest BCUT2D eigenvalue weighted by Crippen LogP contribution is -2.43. The highest BCUT2D eigenvalue weighted by molar-refractivity contribution is 7.92. The van der Waals surface area contributed by atoms with Crippen LogP contribution in [-0.4, -0.2) is 33.2 Å². The second-order valence-electron chi connectivity index (χ2n) is 7.17. The molecule has 1 amide bonds. The monoisotopic (exact) mass is 354 g/mol. The van der Waals surface area contributed by atoms with Gasteiger partial charge in [0.05, 0.1) is 22.5 Å². The first-order valence-corrected chi connectivity index (χ1v) is 9.80. The summed E-state index contributed by atoms with van der Waals surface area (Å²) in [6, 6.07) is 5.04. The van der Waals surface area contributed by atoms with Gasteiger partial charge >= 0.3 is 0 Å². The van der Waals surface area contributed by atoms with E-state index in [0.29, 0.717) is 23.7 Å². The first kappa shape index (κ1) is 18.6. The summed E-state index contributed by atoms with van der Waals surface area (Å²) in [5.74, 6) is 0.827. The topological polar surface area (TPSA) is 75.7 Å². The van der Waals surface area contributed by atoms with Crippen LogP contribution in [0.15, 0.2) is 18.2 Å². The van der Waals surface area contributed by atoms with E-state index < -0.39 is 15.4 Å². The van der Waals surface area contributed by atoms with Gasteiger partial charge in [-0.2, -0.15) is 0 Å². The third-order valence-electron chi connectivity index (χ3n) is 3.86. The minimum Gasteiger partial charge on any atom is -0.490 e. The molecule has 6 nitrogen and oxygen atoms in total. The maximum absolute atomic E-state index is 12.9. The quantitative estimate of drug-likeness (QED) is 0.882. The minimum atomic E-state index is -3.38. The van der Waals surface area contributed by atoms with Crippen molar-refractivity contribution in [2.24, 2.45) is 11.3 Å². The van der Waals surface area contributed by atoms with Crippen LogP contribution in [0.4, 0.5) is 11.4 Å². The van der Waals surface area contributed by atoms with E-state index in [1.54, 1.807) is 30.0 Å². The van der Waals surface area contributed by atoms with Crippen molar-refractivity contribution in [2.45, 2.75) is 34.6 Å². The standard InChI is InChI=1S/C17H26N2O4S/c1-6-24(21,22)18-13-7-8-15-14(9-13)19(10-12(2)3)16(20)17(4,5)11-23-15/h7-9,12,18H,6,10-11H2,1-5H3. The van der Waals surface area contributed by atoms with Gasteiger partial charge in [-0.3, -0.25) is 9.52 Å². The van der Waals surface area contributed by atoms with Gasteiger partial charge in [0.2, 0.25) is 15.9 Å². The fourth-order valence-electron chi connectivity index (χ4n) is 2.51. The Kier molecular flexibility index (Phi) is 5.13. The largest absolute Gasteiger partial charge is 0.490 e. The molecule has 1 aromatic rings. The number of carbonyl (C=O) groups excluding carboxylic acids is 1. The molecule has 134 valence electrons. The maximum atomic E-state index is 12.9. The van der Waals surface area contributed by atoms with Crippen molar-refractivity contribution in [1.82, 2.24) is 0 Å². The minimum absolute atomic E-state index is 0.0117. The molecular formula is C17H26N2O4S. The Balaban J connectivity index is 2.49. The zero-order valence-corrected chi connectivity index (χ0v) is 15.7. The third kappa shape index (κ3) is 4.01. The van der Waals surface area contributed by atoms with Crippen molar-refractivity contribution in [3.63, 3.8) is 0 Å². The number of anilines is 2. The molecule has 0 saturated heterocycles. The van der Waals surface area contributed by atoms with E-state index in [9.17, 15) is 13.2 Å². The Morgan fingerprint density at radius 3 is 2.58 bits per heavy atom. The van der Waals surface area contributed by atoms with Gasteiger partial charge in [-0.1, -0.05) is 13.8 Å². The van der Waals surface area contributed by atoms with Crippen LogP contribution in [-0.2, 0) is 14.8 Å². The SMILES string of the molecule is CCS(=O)(=O)Nc1ccc2c(c1)N(CC(C)C)C(=O)C(C)(C)CO2. The van der Waals surface area contributed by atoms with Crippen LogP contribution in [0.1, 0.15) is 34.6 Å². The third-order valence-corrected chi connectivity index (χ3v) is 5.17. The van der Waals surface area contributed by atoms with Gasteiger partial charge in [-0.25, -0.2) is 8.42 Å². The summed E-state index contributed by atoms with van der Waals surface area (Å²) < 4.78 is 32.0. The number of nitrogens with zero attached hydrogens (tertiary/aromatic N) is 1. The number of amides is 1. The van der Waals surface area contributed by atoms with Crippen LogP contribution < -0.4 is 14.4 Å². The van der Waals surface area contributed by atoms with Crippen LogP contribution in [0.5, 0.6) is 5.75 Å². The van der Waals surface area contributed by atoms with Crippen LogP contribution in [0.25, 0.3) is 0 Å². The van der Waals surface area contributed by atoms with Gasteiger partial charge in [0.15, 0.2) is 0 Å². The number of rotatable bonds is 5. The van der Waals surface area contributed by atoms with E-state index in [4.69, 9.17) is 4.74 Å². The van der Waals surface area contributed by atoms with Crippen molar-refractivity contribution in [2.75, 3.05) is 28.5 Å². The summed E-state index contributed by atoms with van der Waals surface area (Å²) >= 11 is 0. The van der Waals surface area contributed by atoms with Gasteiger partial charge in [-0.05, 0) is 44.9 Å². The number of sulfonamides is 1. The Morgan fingerprint density at radius 1 is 1.33 bits per heavy atom. The fraction of sp³-hybridized carbons (Fsp3) is 0.588. The summed E-state index contributed by atoms with van der Waals surface area (Å²) in [6.45, 7) is 10.2. The van der Waals surface area contributed by atoms with E-state index >= 15 is 0 Å². The summed E-state index contributed by atoms with van der Waals surface area (Å²) in [6.07, 6.45) is 0. The molecule has 1 aliphatic heterocycles. The van der Waals surface area contributed by atoms with Crippen molar-refractivity contribution in [1.29, 1.82) is 0 Å². The van der Waals surface area contributed by atoms with Crippen LogP contribution in [0.3, 0.4) is 0 Å². The lowest BCUT2D eigenvalue weighted by atomic mass is 9.92. The summed E-state index contributed by atoms with van der Waals surface area (Å²) in [5, 5.41) is 0. The highest BCUT2D eigenvalue weighted by Gasteiger charge is 2.38. The Morgan fingerprint density at radius 2 is 2.00 bits per heavy atom. The number of benzene rings is 1. The first-order chi connectivity index (χ1) is 11.1. The summed E-state index contributed by atoms with van der Waals surface area (Å²) in [7, 11) is -3.38. The Labute approximate surface area is 144 Å². The number of fused-ring (bicyclic) bond motifs is 1.